The average molecular weight is 514 g/mol. The molecule has 3 aliphatic carbocycles. The number of fused-ring (bicyclic) bond motifs is 5. The van der Waals surface area contributed by atoms with Crippen molar-refractivity contribution >= 4 is 41.8 Å². The summed E-state index contributed by atoms with van der Waals surface area (Å²) in [6, 6.07) is 0. The largest absolute Gasteiger partial charge is 0.356 e. The number of halogens is 1. The Hall–Kier alpha value is -1.12. The molecule has 1 aliphatic heterocycles. The predicted molar refractivity (Wildman–Crippen MR) is 125 cm³/mol. The molecule has 6 nitrogen and oxygen atoms in total. The molecule has 162 valence electrons. The van der Waals surface area contributed by atoms with Gasteiger partial charge in [-0.3, -0.25) is 19.5 Å². The number of hydrogen-bond donors (Lipinski definition) is 2. The van der Waals surface area contributed by atoms with Gasteiger partial charge in [0.2, 0.25) is 11.8 Å². The zero-order valence-corrected chi connectivity index (χ0v) is 19.9. The molecule has 0 aromatic carbocycles. The number of allylic oxidation sites excluding steroid dienone is 2. The van der Waals surface area contributed by atoms with Crippen molar-refractivity contribution in [1.82, 2.24) is 15.5 Å². The summed E-state index contributed by atoms with van der Waals surface area (Å²) >= 11 is 0. The van der Waals surface area contributed by atoms with E-state index in [1.165, 1.54) is 30.6 Å². The molecule has 4 atom stereocenters. The minimum Gasteiger partial charge on any atom is -0.356 e. The molecule has 2 N–H and O–H groups in total. The Bertz CT molecular complexity index is 642. The van der Waals surface area contributed by atoms with Crippen LogP contribution < -0.4 is 10.6 Å². The molecule has 3 fully saturated rings. The number of guanidine groups is 1. The van der Waals surface area contributed by atoms with Crippen LogP contribution in [0.4, 0.5) is 0 Å². The van der Waals surface area contributed by atoms with Crippen LogP contribution in [0.1, 0.15) is 45.4 Å². The Morgan fingerprint density at radius 3 is 2.28 bits per heavy atom. The van der Waals surface area contributed by atoms with Crippen LogP contribution in [0.5, 0.6) is 0 Å². The van der Waals surface area contributed by atoms with E-state index < -0.39 is 0 Å². The lowest BCUT2D eigenvalue weighted by molar-refractivity contribution is -0.140. The van der Waals surface area contributed by atoms with Crippen LogP contribution in [0.15, 0.2) is 17.1 Å². The summed E-state index contributed by atoms with van der Waals surface area (Å²) in [4.78, 5) is 31.2. The van der Waals surface area contributed by atoms with Crippen molar-refractivity contribution in [2.45, 2.75) is 45.4 Å². The number of nitrogens with zero attached hydrogens (tertiary/aromatic N) is 2. The van der Waals surface area contributed by atoms with E-state index in [1.807, 2.05) is 0 Å². The highest BCUT2D eigenvalue weighted by molar-refractivity contribution is 14.0. The summed E-state index contributed by atoms with van der Waals surface area (Å²) in [7, 11) is 1.79. The molecular formula is C22H35IN4O2. The van der Waals surface area contributed by atoms with Crippen molar-refractivity contribution in [3.05, 3.63) is 12.2 Å². The van der Waals surface area contributed by atoms with Crippen molar-refractivity contribution in [1.29, 1.82) is 0 Å². The molecule has 7 heteroatoms. The van der Waals surface area contributed by atoms with Gasteiger partial charge in [0.1, 0.15) is 0 Å². The summed E-state index contributed by atoms with van der Waals surface area (Å²) in [5.41, 5.74) is 0. The van der Waals surface area contributed by atoms with E-state index in [2.05, 4.69) is 34.7 Å². The van der Waals surface area contributed by atoms with Crippen LogP contribution >= 0.6 is 24.0 Å². The van der Waals surface area contributed by atoms with Gasteiger partial charge in [0.15, 0.2) is 5.96 Å². The van der Waals surface area contributed by atoms with Crippen LogP contribution in [-0.4, -0.2) is 49.4 Å². The van der Waals surface area contributed by atoms with Gasteiger partial charge in [0.05, 0.1) is 11.8 Å². The second-order valence-corrected chi connectivity index (χ2v) is 9.19. The molecule has 1 heterocycles. The van der Waals surface area contributed by atoms with Gasteiger partial charge >= 0.3 is 0 Å². The number of carbonyl (C=O) groups excluding carboxylic acids is 2. The third-order valence-corrected chi connectivity index (χ3v) is 7.33. The van der Waals surface area contributed by atoms with E-state index >= 15 is 0 Å². The number of rotatable bonds is 6. The highest BCUT2D eigenvalue weighted by Gasteiger charge is 2.58. The molecule has 0 spiro atoms. The first-order valence-corrected chi connectivity index (χ1v) is 11.1. The third-order valence-electron chi connectivity index (χ3n) is 7.33. The fourth-order valence-electron chi connectivity index (χ4n) is 5.62. The maximum Gasteiger partial charge on any atom is 0.233 e. The zero-order chi connectivity index (χ0) is 19.7. The molecular weight excluding hydrogens is 479 g/mol. The smallest absolute Gasteiger partial charge is 0.233 e. The van der Waals surface area contributed by atoms with Gasteiger partial charge in [0, 0.05) is 26.7 Å². The van der Waals surface area contributed by atoms with Crippen LogP contribution in [0.3, 0.4) is 0 Å². The Balaban J connectivity index is 0.00000240. The van der Waals surface area contributed by atoms with Crippen molar-refractivity contribution in [3.63, 3.8) is 0 Å². The number of carbonyl (C=O) groups is 2. The lowest BCUT2D eigenvalue weighted by Gasteiger charge is -2.26. The molecule has 2 amide bonds. The number of nitrogens with one attached hydrogen (secondary N) is 2. The van der Waals surface area contributed by atoms with Crippen LogP contribution in [0, 0.1) is 35.5 Å². The van der Waals surface area contributed by atoms with Crippen LogP contribution in [0.25, 0.3) is 0 Å². The van der Waals surface area contributed by atoms with Gasteiger partial charge in [0.25, 0.3) is 0 Å². The Morgan fingerprint density at radius 1 is 1.07 bits per heavy atom. The first-order valence-electron chi connectivity index (χ1n) is 11.1. The SMILES string of the molecule is CN=C(NCCCN1C(=O)C2C3C=CC(C3)C2C1=O)NCC1CCC(C)CC1.I. The van der Waals surface area contributed by atoms with E-state index in [9.17, 15) is 9.59 Å². The molecule has 1 saturated heterocycles. The van der Waals surface area contributed by atoms with Crippen LogP contribution in [-0.2, 0) is 9.59 Å². The quantitative estimate of drug-likeness (QED) is 0.143. The van der Waals surface area contributed by atoms with E-state index in [-0.39, 0.29) is 47.6 Å². The maximum atomic E-state index is 12.7. The van der Waals surface area contributed by atoms with Gasteiger partial charge in [-0.15, -0.1) is 24.0 Å². The van der Waals surface area contributed by atoms with Gasteiger partial charge < -0.3 is 10.6 Å². The second kappa shape index (κ2) is 9.79. The van der Waals surface area contributed by atoms with E-state index in [1.54, 1.807) is 7.05 Å². The molecule has 4 rings (SSSR count). The fourth-order valence-corrected chi connectivity index (χ4v) is 5.62. The van der Waals surface area contributed by atoms with Gasteiger partial charge in [-0.25, -0.2) is 0 Å². The number of likely N-dealkylation sites (tertiary alicyclic amines) is 1. The molecule has 4 unspecified atom stereocenters. The standard InChI is InChI=1S/C22H34N4O2.HI/c1-14-4-6-15(7-5-14)13-25-22(23-2)24-10-3-11-26-20(27)18-16-8-9-17(12-16)19(18)21(26)28;/h8-9,14-19H,3-7,10-13H2,1-2H3,(H2,23,24,25);1H. The molecule has 4 aliphatic rings. The average Bonchev–Trinajstić information content (AvgIpc) is 3.38. The van der Waals surface area contributed by atoms with Crippen molar-refractivity contribution in [3.8, 4) is 0 Å². The summed E-state index contributed by atoms with van der Waals surface area (Å²) in [5.74, 6) is 2.96. The number of imide groups is 1. The molecule has 0 aromatic rings. The maximum absolute atomic E-state index is 12.7. The molecule has 2 bridgehead atoms. The predicted octanol–water partition coefficient (Wildman–Crippen LogP) is 2.79. The Kier molecular flexibility index (Phi) is 7.62. The van der Waals surface area contributed by atoms with E-state index in [0.29, 0.717) is 24.9 Å². The molecule has 0 aromatic heterocycles. The van der Waals surface area contributed by atoms with Crippen molar-refractivity contribution in [2.75, 3.05) is 26.7 Å². The fraction of sp³-hybridized carbons (Fsp3) is 0.773. The van der Waals surface area contributed by atoms with Gasteiger partial charge in [-0.05, 0) is 49.4 Å². The summed E-state index contributed by atoms with van der Waals surface area (Å²) < 4.78 is 0. The summed E-state index contributed by atoms with van der Waals surface area (Å²) in [6.45, 7) is 4.52. The van der Waals surface area contributed by atoms with Gasteiger partial charge in [-0.1, -0.05) is 31.9 Å². The van der Waals surface area contributed by atoms with Crippen molar-refractivity contribution < 1.29 is 9.59 Å². The third kappa shape index (κ3) is 4.64. The summed E-state index contributed by atoms with van der Waals surface area (Å²) in [6.07, 6.45) is 11.3. The minimum absolute atomic E-state index is 0. The highest BCUT2D eigenvalue weighted by Crippen LogP contribution is 2.52. The minimum atomic E-state index is -0.0805. The van der Waals surface area contributed by atoms with E-state index in [4.69, 9.17) is 0 Å². The van der Waals surface area contributed by atoms with Gasteiger partial charge in [-0.2, -0.15) is 0 Å². The van der Waals surface area contributed by atoms with E-state index in [0.717, 1.165) is 37.2 Å². The monoisotopic (exact) mass is 514 g/mol. The van der Waals surface area contributed by atoms with Crippen molar-refractivity contribution in [2.24, 2.45) is 40.5 Å². The molecule has 0 radical (unpaired) electrons. The summed E-state index contributed by atoms with van der Waals surface area (Å²) in [5, 5.41) is 6.76. The topological polar surface area (TPSA) is 73.8 Å². The lowest BCUT2D eigenvalue weighted by Crippen LogP contribution is -2.42. The normalized spacial score (nSPS) is 35.7. The number of hydrogen-bond acceptors (Lipinski definition) is 3. The second-order valence-electron chi connectivity index (χ2n) is 9.19. The molecule has 2 saturated carbocycles. The number of amides is 2. The first-order chi connectivity index (χ1) is 13.6. The zero-order valence-electron chi connectivity index (χ0n) is 17.6. The first kappa shape index (κ1) is 22.6. The highest BCUT2D eigenvalue weighted by atomic mass is 127. The Labute approximate surface area is 191 Å². The Morgan fingerprint density at radius 2 is 1.69 bits per heavy atom. The molecule has 29 heavy (non-hydrogen) atoms. The van der Waals surface area contributed by atoms with Crippen LogP contribution in [0.2, 0.25) is 0 Å². The lowest BCUT2D eigenvalue weighted by atomic mass is 9.83. The number of aliphatic imine (C=N–C) groups is 1.